The van der Waals surface area contributed by atoms with E-state index in [0.717, 1.165) is 17.9 Å². The second-order valence-corrected chi connectivity index (χ2v) is 4.45. The summed E-state index contributed by atoms with van der Waals surface area (Å²) < 4.78 is 2.13. The highest BCUT2D eigenvalue weighted by molar-refractivity contribution is 7.99. The maximum absolute atomic E-state index is 9.29. The van der Waals surface area contributed by atoms with E-state index >= 15 is 0 Å². The molecule has 0 saturated heterocycles. The van der Waals surface area contributed by atoms with Crippen molar-refractivity contribution in [3.63, 3.8) is 0 Å². The number of aromatic nitrogens is 1. The minimum atomic E-state index is -0.347. The monoisotopic (exact) mass is 199 g/mol. The summed E-state index contributed by atoms with van der Waals surface area (Å²) in [5, 5.41) is 9.29. The van der Waals surface area contributed by atoms with Crippen LogP contribution in [0.15, 0.2) is 18.5 Å². The Balaban J connectivity index is 2.40. The average molecular weight is 199 g/mol. The van der Waals surface area contributed by atoms with Crippen molar-refractivity contribution in [2.75, 3.05) is 11.5 Å². The van der Waals surface area contributed by atoms with Crippen LogP contribution in [-0.4, -0.2) is 21.2 Å². The van der Waals surface area contributed by atoms with E-state index < -0.39 is 0 Å². The molecule has 0 aliphatic carbocycles. The molecule has 1 N–H and O–H groups in total. The molecule has 1 unspecified atom stereocenters. The van der Waals surface area contributed by atoms with Crippen molar-refractivity contribution >= 4 is 11.8 Å². The normalized spacial score (nSPS) is 13.2. The van der Waals surface area contributed by atoms with E-state index in [1.807, 2.05) is 30.2 Å². The molecule has 74 valence electrons. The van der Waals surface area contributed by atoms with Crippen molar-refractivity contribution in [1.82, 2.24) is 4.57 Å². The van der Waals surface area contributed by atoms with Gasteiger partial charge < -0.3 is 9.67 Å². The van der Waals surface area contributed by atoms with Crippen LogP contribution in [0, 0.1) is 0 Å². The highest BCUT2D eigenvalue weighted by Crippen LogP contribution is 2.12. The smallest absolute Gasteiger partial charge is 0.0776 e. The number of aliphatic hydroxyl groups excluding tert-OH is 1. The summed E-state index contributed by atoms with van der Waals surface area (Å²) >= 11 is 1.94. The summed E-state index contributed by atoms with van der Waals surface area (Å²) in [5.41, 5.74) is 1.00. The van der Waals surface area contributed by atoms with E-state index in [-0.39, 0.29) is 6.10 Å². The third-order valence-electron chi connectivity index (χ3n) is 1.95. The van der Waals surface area contributed by atoms with Crippen LogP contribution in [0.3, 0.4) is 0 Å². The Labute approximate surface area is 84.0 Å². The number of hydrogen-bond donors (Lipinski definition) is 1. The molecule has 1 rings (SSSR count). The lowest BCUT2D eigenvalue weighted by Gasteiger charge is -2.02. The summed E-state index contributed by atoms with van der Waals surface area (Å²) in [5.74, 6) is 2.31. The SMILES string of the molecule is CCSCCn1ccc(C(C)O)c1. The molecule has 0 amide bonds. The van der Waals surface area contributed by atoms with Crippen molar-refractivity contribution in [1.29, 1.82) is 0 Å². The number of nitrogens with zero attached hydrogens (tertiary/aromatic N) is 1. The predicted octanol–water partition coefficient (Wildman–Crippen LogP) is 2.29. The second kappa shape index (κ2) is 5.35. The van der Waals surface area contributed by atoms with Gasteiger partial charge in [0.1, 0.15) is 0 Å². The summed E-state index contributed by atoms with van der Waals surface area (Å²) in [4.78, 5) is 0. The van der Waals surface area contributed by atoms with Gasteiger partial charge in [0.15, 0.2) is 0 Å². The topological polar surface area (TPSA) is 25.2 Å². The van der Waals surface area contributed by atoms with Gasteiger partial charge in [-0.25, -0.2) is 0 Å². The molecule has 0 aliphatic rings. The maximum Gasteiger partial charge on any atom is 0.0776 e. The minimum absolute atomic E-state index is 0.347. The van der Waals surface area contributed by atoms with Crippen molar-refractivity contribution in [3.05, 3.63) is 24.0 Å². The lowest BCUT2D eigenvalue weighted by Crippen LogP contribution is -1.97. The molecular formula is C10H17NOS. The molecule has 0 fully saturated rings. The van der Waals surface area contributed by atoms with Crippen LogP contribution < -0.4 is 0 Å². The molecule has 1 aromatic rings. The maximum atomic E-state index is 9.29. The van der Waals surface area contributed by atoms with Gasteiger partial charge in [-0.1, -0.05) is 6.92 Å². The number of aryl methyl sites for hydroxylation is 1. The molecule has 1 heterocycles. The van der Waals surface area contributed by atoms with Crippen molar-refractivity contribution in [2.24, 2.45) is 0 Å². The van der Waals surface area contributed by atoms with Crippen LogP contribution >= 0.6 is 11.8 Å². The Morgan fingerprint density at radius 1 is 1.62 bits per heavy atom. The molecular weight excluding hydrogens is 182 g/mol. The third kappa shape index (κ3) is 3.44. The molecule has 0 saturated carbocycles. The Hall–Kier alpha value is -0.410. The van der Waals surface area contributed by atoms with E-state index in [1.54, 1.807) is 6.92 Å². The fraction of sp³-hybridized carbons (Fsp3) is 0.600. The zero-order chi connectivity index (χ0) is 9.68. The molecule has 13 heavy (non-hydrogen) atoms. The van der Waals surface area contributed by atoms with E-state index in [4.69, 9.17) is 0 Å². The van der Waals surface area contributed by atoms with E-state index in [9.17, 15) is 5.11 Å². The van der Waals surface area contributed by atoms with Crippen LogP contribution in [-0.2, 0) is 6.54 Å². The molecule has 0 spiro atoms. The first-order chi connectivity index (χ1) is 6.24. The highest BCUT2D eigenvalue weighted by atomic mass is 32.2. The largest absolute Gasteiger partial charge is 0.389 e. The minimum Gasteiger partial charge on any atom is -0.389 e. The first-order valence-corrected chi connectivity index (χ1v) is 5.81. The summed E-state index contributed by atoms with van der Waals surface area (Å²) in [6.07, 6.45) is 3.69. The van der Waals surface area contributed by atoms with Crippen LogP contribution in [0.2, 0.25) is 0 Å². The van der Waals surface area contributed by atoms with Gasteiger partial charge >= 0.3 is 0 Å². The third-order valence-corrected chi connectivity index (χ3v) is 2.83. The lowest BCUT2D eigenvalue weighted by molar-refractivity contribution is 0.199. The Morgan fingerprint density at radius 3 is 2.92 bits per heavy atom. The Morgan fingerprint density at radius 2 is 2.38 bits per heavy atom. The molecule has 2 nitrogen and oxygen atoms in total. The standard InChI is InChI=1S/C10H17NOS/c1-3-13-7-6-11-5-4-10(8-11)9(2)12/h4-5,8-9,12H,3,6-7H2,1-2H3. The van der Waals surface area contributed by atoms with Crippen molar-refractivity contribution < 1.29 is 5.11 Å². The molecule has 0 aliphatic heterocycles. The van der Waals surface area contributed by atoms with Crippen LogP contribution in [0.1, 0.15) is 25.5 Å². The molecule has 1 atom stereocenters. The molecule has 0 bridgehead atoms. The fourth-order valence-electron chi connectivity index (χ4n) is 1.16. The van der Waals surface area contributed by atoms with Gasteiger partial charge in [0, 0.05) is 24.7 Å². The number of thioether (sulfide) groups is 1. The zero-order valence-corrected chi connectivity index (χ0v) is 9.05. The van der Waals surface area contributed by atoms with Gasteiger partial charge in [0.25, 0.3) is 0 Å². The molecule has 3 heteroatoms. The van der Waals surface area contributed by atoms with Gasteiger partial charge in [-0.05, 0) is 24.3 Å². The van der Waals surface area contributed by atoms with Crippen molar-refractivity contribution in [2.45, 2.75) is 26.5 Å². The summed E-state index contributed by atoms with van der Waals surface area (Å²) in [7, 11) is 0. The van der Waals surface area contributed by atoms with Crippen molar-refractivity contribution in [3.8, 4) is 0 Å². The number of hydrogen-bond acceptors (Lipinski definition) is 2. The first-order valence-electron chi connectivity index (χ1n) is 4.65. The fourth-order valence-corrected chi connectivity index (χ4v) is 1.79. The van der Waals surface area contributed by atoms with E-state index in [0.29, 0.717) is 0 Å². The van der Waals surface area contributed by atoms with Gasteiger partial charge in [-0.15, -0.1) is 0 Å². The summed E-state index contributed by atoms with van der Waals surface area (Å²) in [6, 6.07) is 1.97. The molecule has 1 aromatic heterocycles. The van der Waals surface area contributed by atoms with Gasteiger partial charge in [-0.2, -0.15) is 11.8 Å². The number of rotatable bonds is 5. The number of aliphatic hydroxyl groups is 1. The summed E-state index contributed by atoms with van der Waals surface area (Å²) in [6.45, 7) is 4.99. The predicted molar refractivity (Wildman–Crippen MR) is 58.1 cm³/mol. The zero-order valence-electron chi connectivity index (χ0n) is 8.23. The molecule has 0 radical (unpaired) electrons. The lowest BCUT2D eigenvalue weighted by atomic mass is 10.2. The van der Waals surface area contributed by atoms with E-state index in [2.05, 4.69) is 11.5 Å². The highest BCUT2D eigenvalue weighted by Gasteiger charge is 2.01. The average Bonchev–Trinajstić information content (AvgIpc) is 2.53. The Bertz CT molecular complexity index is 245. The van der Waals surface area contributed by atoms with Crippen LogP contribution in [0.4, 0.5) is 0 Å². The second-order valence-electron chi connectivity index (χ2n) is 3.06. The van der Waals surface area contributed by atoms with E-state index in [1.165, 1.54) is 5.75 Å². The van der Waals surface area contributed by atoms with Crippen LogP contribution in [0.25, 0.3) is 0 Å². The quantitative estimate of drug-likeness (QED) is 0.736. The first kappa shape index (κ1) is 10.7. The van der Waals surface area contributed by atoms with Crippen LogP contribution in [0.5, 0.6) is 0 Å². The Kier molecular flexibility index (Phi) is 4.39. The van der Waals surface area contributed by atoms with Gasteiger partial charge in [0.05, 0.1) is 6.10 Å². The molecule has 0 aromatic carbocycles. The van der Waals surface area contributed by atoms with Gasteiger partial charge in [-0.3, -0.25) is 0 Å². The van der Waals surface area contributed by atoms with Gasteiger partial charge in [0.2, 0.25) is 0 Å².